The number of rotatable bonds is 2. The van der Waals surface area contributed by atoms with E-state index in [-0.39, 0.29) is 0 Å². The minimum Gasteiger partial charge on any atom is -0.367 e. The number of anilines is 1. The standard InChI is InChI=1S/C18H18F3N/c1-13-7-8-17-15(10-13)5-3-9-22(17)12-14-4-2-6-16(11-14)18(19,20)21/h2,4,6-8,10-11H,3,5,9,12H2,1H3. The fourth-order valence-corrected chi connectivity index (χ4v) is 3.03. The second-order valence-corrected chi connectivity index (χ2v) is 5.86. The van der Waals surface area contributed by atoms with Gasteiger partial charge in [-0.3, -0.25) is 0 Å². The summed E-state index contributed by atoms with van der Waals surface area (Å²) in [7, 11) is 0. The predicted molar refractivity (Wildman–Crippen MR) is 82.0 cm³/mol. The van der Waals surface area contributed by atoms with Gasteiger partial charge in [-0.25, -0.2) is 0 Å². The Hall–Kier alpha value is -1.97. The van der Waals surface area contributed by atoms with Gasteiger partial charge >= 0.3 is 6.18 Å². The van der Waals surface area contributed by atoms with Gasteiger partial charge in [0.2, 0.25) is 0 Å². The molecule has 0 unspecified atom stereocenters. The maximum absolute atomic E-state index is 12.8. The molecule has 0 aliphatic carbocycles. The Morgan fingerprint density at radius 2 is 1.91 bits per heavy atom. The highest BCUT2D eigenvalue weighted by atomic mass is 19.4. The van der Waals surface area contributed by atoms with Crippen molar-refractivity contribution in [2.45, 2.75) is 32.5 Å². The van der Waals surface area contributed by atoms with Crippen LogP contribution in [0.2, 0.25) is 0 Å². The van der Waals surface area contributed by atoms with Crippen molar-refractivity contribution in [3.05, 3.63) is 64.7 Å². The first-order valence-corrected chi connectivity index (χ1v) is 7.44. The quantitative estimate of drug-likeness (QED) is 0.757. The molecule has 116 valence electrons. The van der Waals surface area contributed by atoms with Gasteiger partial charge < -0.3 is 4.90 Å². The van der Waals surface area contributed by atoms with Crippen LogP contribution in [0.15, 0.2) is 42.5 Å². The maximum Gasteiger partial charge on any atom is 0.416 e. The summed E-state index contributed by atoms with van der Waals surface area (Å²) >= 11 is 0. The molecule has 0 amide bonds. The van der Waals surface area contributed by atoms with Crippen LogP contribution in [0.3, 0.4) is 0 Å². The van der Waals surface area contributed by atoms with Gasteiger partial charge in [0.25, 0.3) is 0 Å². The van der Waals surface area contributed by atoms with Gasteiger partial charge in [-0.15, -0.1) is 0 Å². The number of hydrogen-bond donors (Lipinski definition) is 0. The summed E-state index contributed by atoms with van der Waals surface area (Å²) in [6, 6.07) is 11.9. The van der Waals surface area contributed by atoms with Crippen LogP contribution in [0, 0.1) is 6.92 Å². The number of hydrogen-bond acceptors (Lipinski definition) is 1. The fraction of sp³-hybridized carbons (Fsp3) is 0.333. The van der Waals surface area contributed by atoms with Crippen LogP contribution in [0.25, 0.3) is 0 Å². The first kappa shape index (κ1) is 14.9. The lowest BCUT2D eigenvalue weighted by atomic mass is 9.99. The second-order valence-electron chi connectivity index (χ2n) is 5.86. The van der Waals surface area contributed by atoms with Crippen molar-refractivity contribution in [1.82, 2.24) is 0 Å². The summed E-state index contributed by atoms with van der Waals surface area (Å²) in [4.78, 5) is 2.17. The molecule has 22 heavy (non-hydrogen) atoms. The molecule has 0 atom stereocenters. The lowest BCUT2D eigenvalue weighted by molar-refractivity contribution is -0.137. The summed E-state index contributed by atoms with van der Waals surface area (Å²) in [5.41, 5.74) is 3.78. The van der Waals surface area contributed by atoms with Crippen LogP contribution in [-0.4, -0.2) is 6.54 Å². The van der Waals surface area contributed by atoms with Crippen molar-refractivity contribution in [3.63, 3.8) is 0 Å². The number of benzene rings is 2. The number of fused-ring (bicyclic) bond motifs is 1. The van der Waals surface area contributed by atoms with Crippen molar-refractivity contribution in [2.24, 2.45) is 0 Å². The Bertz CT molecular complexity index is 676. The van der Waals surface area contributed by atoms with Crippen LogP contribution in [0.5, 0.6) is 0 Å². The monoisotopic (exact) mass is 305 g/mol. The van der Waals surface area contributed by atoms with E-state index in [1.165, 1.54) is 23.3 Å². The van der Waals surface area contributed by atoms with Crippen molar-refractivity contribution in [3.8, 4) is 0 Å². The van der Waals surface area contributed by atoms with E-state index in [0.717, 1.165) is 31.1 Å². The van der Waals surface area contributed by atoms with E-state index in [0.29, 0.717) is 12.1 Å². The summed E-state index contributed by atoms with van der Waals surface area (Å²) < 4.78 is 38.4. The van der Waals surface area contributed by atoms with Crippen molar-refractivity contribution in [1.29, 1.82) is 0 Å². The van der Waals surface area contributed by atoms with Crippen LogP contribution in [0.1, 0.15) is 28.7 Å². The minimum absolute atomic E-state index is 0.514. The Morgan fingerprint density at radius 3 is 2.68 bits per heavy atom. The van der Waals surface area contributed by atoms with Gasteiger partial charge in [0.15, 0.2) is 0 Å². The normalized spacial score (nSPS) is 14.8. The molecule has 0 fully saturated rings. The van der Waals surface area contributed by atoms with Crippen molar-refractivity contribution >= 4 is 5.69 Å². The Labute approximate surface area is 128 Å². The highest BCUT2D eigenvalue weighted by molar-refractivity contribution is 5.57. The van der Waals surface area contributed by atoms with Gasteiger partial charge in [-0.05, 0) is 49.1 Å². The van der Waals surface area contributed by atoms with Crippen molar-refractivity contribution in [2.75, 3.05) is 11.4 Å². The minimum atomic E-state index is -4.28. The Balaban J connectivity index is 1.86. The average molecular weight is 305 g/mol. The SMILES string of the molecule is Cc1ccc2c(c1)CCCN2Cc1cccc(C(F)(F)F)c1. The van der Waals surface area contributed by atoms with Gasteiger partial charge in [0.05, 0.1) is 5.56 Å². The molecule has 1 heterocycles. The molecule has 0 aromatic heterocycles. The summed E-state index contributed by atoms with van der Waals surface area (Å²) in [5, 5.41) is 0. The molecular formula is C18H18F3N. The van der Waals surface area contributed by atoms with Crippen LogP contribution in [-0.2, 0) is 19.1 Å². The lowest BCUT2D eigenvalue weighted by Gasteiger charge is -2.31. The average Bonchev–Trinajstić information content (AvgIpc) is 2.46. The molecule has 1 nitrogen and oxygen atoms in total. The van der Waals surface area contributed by atoms with E-state index in [4.69, 9.17) is 0 Å². The summed E-state index contributed by atoms with van der Waals surface area (Å²) in [5.74, 6) is 0. The number of halogens is 3. The molecule has 0 spiro atoms. The fourth-order valence-electron chi connectivity index (χ4n) is 3.03. The van der Waals surface area contributed by atoms with E-state index in [9.17, 15) is 13.2 Å². The third-order valence-electron chi connectivity index (χ3n) is 4.08. The molecule has 0 radical (unpaired) electrons. The van der Waals surface area contributed by atoms with E-state index in [1.54, 1.807) is 6.07 Å². The molecule has 1 aliphatic heterocycles. The predicted octanol–water partition coefficient (Wildman–Crippen LogP) is 4.97. The summed E-state index contributed by atoms with van der Waals surface area (Å²) in [6.45, 7) is 3.46. The third-order valence-corrected chi connectivity index (χ3v) is 4.08. The molecule has 0 saturated heterocycles. The molecule has 4 heteroatoms. The van der Waals surface area contributed by atoms with Gasteiger partial charge in [0.1, 0.15) is 0 Å². The molecule has 2 aromatic rings. The van der Waals surface area contributed by atoms with Gasteiger partial charge in [-0.2, -0.15) is 13.2 Å². The number of aryl methyl sites for hydroxylation is 2. The first-order valence-electron chi connectivity index (χ1n) is 7.44. The zero-order valence-corrected chi connectivity index (χ0v) is 12.5. The number of nitrogens with zero attached hydrogens (tertiary/aromatic N) is 1. The van der Waals surface area contributed by atoms with Crippen LogP contribution in [0.4, 0.5) is 18.9 Å². The van der Waals surface area contributed by atoms with E-state index in [2.05, 4.69) is 30.0 Å². The molecule has 3 rings (SSSR count). The van der Waals surface area contributed by atoms with Crippen molar-refractivity contribution < 1.29 is 13.2 Å². The largest absolute Gasteiger partial charge is 0.416 e. The van der Waals surface area contributed by atoms with Crippen LogP contribution < -0.4 is 4.90 Å². The van der Waals surface area contributed by atoms with E-state index < -0.39 is 11.7 Å². The number of alkyl halides is 3. The molecule has 0 bridgehead atoms. The molecule has 0 saturated carbocycles. The van der Waals surface area contributed by atoms with E-state index in [1.807, 2.05) is 0 Å². The smallest absolute Gasteiger partial charge is 0.367 e. The zero-order chi connectivity index (χ0) is 15.7. The zero-order valence-electron chi connectivity index (χ0n) is 12.5. The third kappa shape index (κ3) is 3.11. The molecule has 0 N–H and O–H groups in total. The van der Waals surface area contributed by atoms with Crippen LogP contribution >= 0.6 is 0 Å². The Kier molecular flexibility index (Phi) is 3.85. The highest BCUT2D eigenvalue weighted by Crippen LogP contribution is 2.32. The highest BCUT2D eigenvalue weighted by Gasteiger charge is 2.30. The van der Waals surface area contributed by atoms with Gasteiger partial charge in [-0.1, -0.05) is 29.8 Å². The molecule has 2 aromatic carbocycles. The molecular weight excluding hydrogens is 287 g/mol. The molecule has 1 aliphatic rings. The maximum atomic E-state index is 12.8. The lowest BCUT2D eigenvalue weighted by Crippen LogP contribution is -2.29. The Morgan fingerprint density at radius 1 is 1.09 bits per heavy atom. The van der Waals surface area contributed by atoms with Gasteiger partial charge in [0, 0.05) is 18.8 Å². The van der Waals surface area contributed by atoms with E-state index >= 15 is 0 Å². The summed E-state index contributed by atoms with van der Waals surface area (Å²) in [6.07, 6.45) is -2.21. The first-order chi connectivity index (χ1) is 10.4. The second kappa shape index (κ2) is 5.67. The topological polar surface area (TPSA) is 3.24 Å².